The highest BCUT2D eigenvalue weighted by atomic mass is 32.1. The van der Waals surface area contributed by atoms with Crippen molar-refractivity contribution in [3.8, 4) is 0 Å². The van der Waals surface area contributed by atoms with Crippen molar-refractivity contribution in [3.63, 3.8) is 0 Å². The van der Waals surface area contributed by atoms with E-state index < -0.39 is 0 Å². The summed E-state index contributed by atoms with van der Waals surface area (Å²) in [6, 6.07) is 0.362. The van der Waals surface area contributed by atoms with E-state index in [1.165, 1.54) is 6.42 Å². The first kappa shape index (κ1) is 13.9. The van der Waals surface area contributed by atoms with Crippen molar-refractivity contribution in [3.05, 3.63) is 10.0 Å². The van der Waals surface area contributed by atoms with Crippen LogP contribution in [-0.4, -0.2) is 30.0 Å². The summed E-state index contributed by atoms with van der Waals surface area (Å²) in [6.45, 7) is 7.13. The highest BCUT2D eigenvalue weighted by Crippen LogP contribution is 2.30. The standard InChI is InChI=1S/C13H23N3OS/c1-3-7-14-11(4-2)13-16-15-12(18-13)10-6-5-8-17-9-10/h10-11,14H,3-9H2,1-2H3. The Bertz CT molecular complexity index is 350. The van der Waals surface area contributed by atoms with E-state index in [9.17, 15) is 0 Å². The van der Waals surface area contributed by atoms with E-state index in [0.29, 0.717) is 12.0 Å². The Labute approximate surface area is 113 Å². The molecule has 4 nitrogen and oxygen atoms in total. The van der Waals surface area contributed by atoms with Gasteiger partial charge < -0.3 is 10.1 Å². The first-order valence-corrected chi connectivity index (χ1v) is 7.81. The maximum absolute atomic E-state index is 5.52. The third-order valence-electron chi connectivity index (χ3n) is 3.31. The zero-order valence-corrected chi connectivity index (χ0v) is 12.1. The van der Waals surface area contributed by atoms with Crippen LogP contribution >= 0.6 is 11.3 Å². The number of nitrogens with one attached hydrogen (secondary N) is 1. The smallest absolute Gasteiger partial charge is 0.134 e. The molecule has 2 atom stereocenters. The zero-order chi connectivity index (χ0) is 12.8. The van der Waals surface area contributed by atoms with E-state index in [-0.39, 0.29) is 0 Å². The Balaban J connectivity index is 1.98. The van der Waals surface area contributed by atoms with Gasteiger partial charge in [0.2, 0.25) is 0 Å². The molecule has 1 aliphatic heterocycles. The molecule has 2 rings (SSSR count). The van der Waals surface area contributed by atoms with Gasteiger partial charge in [-0.05, 0) is 32.2 Å². The molecule has 2 heterocycles. The molecule has 102 valence electrons. The summed E-state index contributed by atoms with van der Waals surface area (Å²) < 4.78 is 5.52. The number of hydrogen-bond donors (Lipinski definition) is 1. The Morgan fingerprint density at radius 3 is 3.00 bits per heavy atom. The minimum Gasteiger partial charge on any atom is -0.381 e. The maximum Gasteiger partial charge on any atom is 0.134 e. The van der Waals surface area contributed by atoms with Crippen molar-refractivity contribution in [2.75, 3.05) is 19.8 Å². The van der Waals surface area contributed by atoms with Gasteiger partial charge in [0.1, 0.15) is 10.0 Å². The highest BCUT2D eigenvalue weighted by molar-refractivity contribution is 7.11. The minimum atomic E-state index is 0.362. The molecule has 18 heavy (non-hydrogen) atoms. The van der Waals surface area contributed by atoms with Crippen LogP contribution in [0.15, 0.2) is 0 Å². The van der Waals surface area contributed by atoms with Crippen molar-refractivity contribution in [1.29, 1.82) is 0 Å². The molecular formula is C13H23N3OS. The first-order chi connectivity index (χ1) is 8.85. The van der Waals surface area contributed by atoms with E-state index in [0.717, 1.165) is 49.0 Å². The minimum absolute atomic E-state index is 0.362. The molecule has 5 heteroatoms. The molecule has 1 aromatic heterocycles. The predicted molar refractivity (Wildman–Crippen MR) is 74.0 cm³/mol. The van der Waals surface area contributed by atoms with Crippen LogP contribution in [0.3, 0.4) is 0 Å². The predicted octanol–water partition coefficient (Wildman–Crippen LogP) is 2.88. The van der Waals surface area contributed by atoms with Crippen molar-refractivity contribution in [1.82, 2.24) is 15.5 Å². The Morgan fingerprint density at radius 2 is 2.33 bits per heavy atom. The second kappa shape index (κ2) is 7.16. The number of ether oxygens (including phenoxy) is 1. The highest BCUT2D eigenvalue weighted by Gasteiger charge is 2.22. The average molecular weight is 269 g/mol. The third kappa shape index (κ3) is 3.49. The first-order valence-electron chi connectivity index (χ1n) is 6.99. The second-order valence-electron chi connectivity index (χ2n) is 4.81. The SMILES string of the molecule is CCCNC(CC)c1nnc(C2CCCOC2)s1. The number of hydrogen-bond acceptors (Lipinski definition) is 5. The molecule has 0 saturated carbocycles. The summed E-state index contributed by atoms with van der Waals surface area (Å²) in [5.41, 5.74) is 0. The molecule has 0 amide bonds. The van der Waals surface area contributed by atoms with Crippen LogP contribution in [0.25, 0.3) is 0 Å². The van der Waals surface area contributed by atoms with E-state index in [1.807, 2.05) is 0 Å². The summed E-state index contributed by atoms with van der Waals surface area (Å²) >= 11 is 1.76. The largest absolute Gasteiger partial charge is 0.381 e. The topological polar surface area (TPSA) is 47.0 Å². The van der Waals surface area contributed by atoms with Crippen LogP contribution in [0.2, 0.25) is 0 Å². The van der Waals surface area contributed by atoms with E-state index >= 15 is 0 Å². The molecule has 1 N–H and O–H groups in total. The van der Waals surface area contributed by atoms with Crippen molar-refractivity contribution in [2.24, 2.45) is 0 Å². The van der Waals surface area contributed by atoms with Gasteiger partial charge in [0.25, 0.3) is 0 Å². The monoisotopic (exact) mass is 269 g/mol. The van der Waals surface area contributed by atoms with E-state index in [2.05, 4.69) is 29.4 Å². The van der Waals surface area contributed by atoms with Gasteiger partial charge in [0.15, 0.2) is 0 Å². The Morgan fingerprint density at radius 1 is 1.44 bits per heavy atom. The molecule has 0 spiro atoms. The fraction of sp³-hybridized carbons (Fsp3) is 0.846. The lowest BCUT2D eigenvalue weighted by Gasteiger charge is -2.19. The fourth-order valence-electron chi connectivity index (χ4n) is 2.21. The molecule has 0 aromatic carbocycles. The van der Waals surface area contributed by atoms with Gasteiger partial charge in [-0.2, -0.15) is 0 Å². The van der Waals surface area contributed by atoms with Crippen LogP contribution in [0.4, 0.5) is 0 Å². The van der Waals surface area contributed by atoms with Crippen LogP contribution in [0.5, 0.6) is 0 Å². The molecule has 0 aliphatic carbocycles. The summed E-state index contributed by atoms with van der Waals surface area (Å²) in [4.78, 5) is 0. The number of aromatic nitrogens is 2. The molecule has 1 fully saturated rings. The van der Waals surface area contributed by atoms with Gasteiger partial charge >= 0.3 is 0 Å². The van der Waals surface area contributed by atoms with Crippen LogP contribution < -0.4 is 5.32 Å². The van der Waals surface area contributed by atoms with E-state index in [1.54, 1.807) is 11.3 Å². The van der Waals surface area contributed by atoms with Gasteiger partial charge in [0.05, 0.1) is 12.6 Å². The van der Waals surface area contributed by atoms with Crippen LogP contribution in [0.1, 0.15) is 61.5 Å². The van der Waals surface area contributed by atoms with Crippen molar-refractivity contribution < 1.29 is 4.74 Å². The summed E-state index contributed by atoms with van der Waals surface area (Å²) in [6.07, 6.45) is 4.55. The Hall–Kier alpha value is -0.520. The molecule has 0 radical (unpaired) electrons. The molecule has 1 saturated heterocycles. The molecule has 1 aromatic rings. The molecule has 2 unspecified atom stereocenters. The summed E-state index contributed by atoms with van der Waals surface area (Å²) in [5, 5.41) is 14.5. The van der Waals surface area contributed by atoms with Crippen molar-refractivity contribution >= 4 is 11.3 Å². The molecule has 1 aliphatic rings. The number of rotatable bonds is 6. The maximum atomic E-state index is 5.52. The third-order valence-corrected chi connectivity index (χ3v) is 4.51. The number of nitrogens with zero attached hydrogens (tertiary/aromatic N) is 2. The Kier molecular flexibility index (Phi) is 5.53. The lowest BCUT2D eigenvalue weighted by molar-refractivity contribution is 0.0802. The van der Waals surface area contributed by atoms with Gasteiger partial charge in [-0.3, -0.25) is 0 Å². The van der Waals surface area contributed by atoms with Crippen LogP contribution in [0, 0.1) is 0 Å². The van der Waals surface area contributed by atoms with Crippen LogP contribution in [-0.2, 0) is 4.74 Å². The summed E-state index contributed by atoms with van der Waals surface area (Å²) in [7, 11) is 0. The molecular weight excluding hydrogens is 246 g/mol. The van der Waals surface area contributed by atoms with Crippen molar-refractivity contribution in [2.45, 2.75) is 51.5 Å². The quantitative estimate of drug-likeness (QED) is 0.862. The van der Waals surface area contributed by atoms with Gasteiger partial charge in [0, 0.05) is 12.5 Å². The normalized spacial score (nSPS) is 22.0. The summed E-state index contributed by atoms with van der Waals surface area (Å²) in [5.74, 6) is 0.466. The molecule has 0 bridgehead atoms. The second-order valence-corrected chi connectivity index (χ2v) is 5.85. The van der Waals surface area contributed by atoms with Gasteiger partial charge in [-0.25, -0.2) is 0 Å². The fourth-order valence-corrected chi connectivity index (χ4v) is 3.34. The average Bonchev–Trinajstić information content (AvgIpc) is 2.90. The zero-order valence-electron chi connectivity index (χ0n) is 11.3. The van der Waals surface area contributed by atoms with Gasteiger partial charge in [-0.15, -0.1) is 10.2 Å². The lowest BCUT2D eigenvalue weighted by Crippen LogP contribution is -2.21. The van der Waals surface area contributed by atoms with E-state index in [4.69, 9.17) is 4.74 Å². The van der Waals surface area contributed by atoms with Gasteiger partial charge in [-0.1, -0.05) is 25.2 Å². The lowest BCUT2D eigenvalue weighted by atomic mass is 10.0.